The van der Waals surface area contributed by atoms with E-state index in [1.165, 1.54) is 0 Å². The molecule has 0 saturated carbocycles. The predicted molar refractivity (Wildman–Crippen MR) is 105 cm³/mol. The highest BCUT2D eigenvalue weighted by Gasteiger charge is 2.17. The molecule has 0 aliphatic carbocycles. The van der Waals surface area contributed by atoms with Gasteiger partial charge in [0.05, 0.1) is 17.8 Å². The van der Waals surface area contributed by atoms with Crippen LogP contribution in [0.4, 0.5) is 11.4 Å². The summed E-state index contributed by atoms with van der Waals surface area (Å²) >= 11 is 3.42. The molecule has 1 aromatic carbocycles. The highest BCUT2D eigenvalue weighted by atomic mass is 32.2. The second-order valence-corrected chi connectivity index (χ2v) is 8.01. The van der Waals surface area contributed by atoms with Gasteiger partial charge in [-0.15, -0.1) is 11.3 Å². The highest BCUT2D eigenvalue weighted by molar-refractivity contribution is 7.99. The van der Waals surface area contributed by atoms with Gasteiger partial charge < -0.3 is 16.0 Å². The van der Waals surface area contributed by atoms with Crippen molar-refractivity contribution in [1.29, 1.82) is 0 Å². The van der Waals surface area contributed by atoms with Crippen molar-refractivity contribution in [3.05, 3.63) is 46.7 Å². The average Bonchev–Trinajstić information content (AvgIpc) is 3.10. The first kappa shape index (κ1) is 18.0. The number of amides is 2. The molecule has 3 rings (SSSR count). The third-order valence-corrected chi connectivity index (χ3v) is 5.83. The van der Waals surface area contributed by atoms with Crippen molar-refractivity contribution in [2.45, 2.75) is 18.9 Å². The Balaban J connectivity index is 1.58. The summed E-state index contributed by atoms with van der Waals surface area (Å²) in [7, 11) is 0. The molecule has 0 radical (unpaired) electrons. The quantitative estimate of drug-likeness (QED) is 0.726. The first-order chi connectivity index (χ1) is 12.2. The van der Waals surface area contributed by atoms with Crippen molar-refractivity contribution in [1.82, 2.24) is 5.32 Å². The number of nitrogens with one attached hydrogen (secondary N) is 3. The number of anilines is 2. The monoisotopic (exact) mass is 375 g/mol. The lowest BCUT2D eigenvalue weighted by Gasteiger charge is -2.22. The second-order valence-electron chi connectivity index (χ2n) is 5.83. The van der Waals surface area contributed by atoms with Gasteiger partial charge >= 0.3 is 0 Å². The fourth-order valence-electron chi connectivity index (χ4n) is 2.64. The van der Waals surface area contributed by atoms with E-state index in [1.54, 1.807) is 17.4 Å². The van der Waals surface area contributed by atoms with E-state index in [1.807, 2.05) is 47.5 Å². The fraction of sp³-hybridized carbons (Fsp3) is 0.333. The van der Waals surface area contributed by atoms with Crippen molar-refractivity contribution < 1.29 is 9.59 Å². The van der Waals surface area contributed by atoms with Crippen LogP contribution in [0.15, 0.2) is 41.8 Å². The van der Waals surface area contributed by atoms with Gasteiger partial charge in [-0.3, -0.25) is 9.59 Å². The van der Waals surface area contributed by atoms with Crippen molar-refractivity contribution in [3.63, 3.8) is 0 Å². The topological polar surface area (TPSA) is 70.2 Å². The summed E-state index contributed by atoms with van der Waals surface area (Å²) in [4.78, 5) is 25.5. The van der Waals surface area contributed by atoms with Gasteiger partial charge in [-0.1, -0.05) is 18.2 Å². The van der Waals surface area contributed by atoms with E-state index >= 15 is 0 Å². The lowest BCUT2D eigenvalue weighted by atomic mass is 10.2. The SMILES string of the molecule is O=C(Cc1cccs1)Nc1ccccc1NC(=O)CC1CSCCN1. The van der Waals surface area contributed by atoms with Gasteiger partial charge in [0.15, 0.2) is 0 Å². The van der Waals surface area contributed by atoms with Crippen molar-refractivity contribution >= 4 is 46.3 Å². The predicted octanol–water partition coefficient (Wildman–Crippen LogP) is 2.96. The Morgan fingerprint density at radius 2 is 1.84 bits per heavy atom. The summed E-state index contributed by atoms with van der Waals surface area (Å²) in [6.45, 7) is 0.942. The Morgan fingerprint density at radius 3 is 2.48 bits per heavy atom. The van der Waals surface area contributed by atoms with Crippen LogP contribution in [0, 0.1) is 0 Å². The van der Waals surface area contributed by atoms with Crippen LogP contribution < -0.4 is 16.0 Å². The molecule has 0 spiro atoms. The van der Waals surface area contributed by atoms with Crippen LogP contribution in [0.2, 0.25) is 0 Å². The number of benzene rings is 1. The molecular weight excluding hydrogens is 354 g/mol. The summed E-state index contributed by atoms with van der Waals surface area (Å²) in [5.74, 6) is 1.92. The third kappa shape index (κ3) is 5.59. The number of hydrogen-bond donors (Lipinski definition) is 3. The standard InChI is InChI=1S/C18H21N3O2S2/c22-17(10-13-12-24-9-7-19-13)20-15-5-1-2-6-16(15)21-18(23)11-14-4-3-8-25-14/h1-6,8,13,19H,7,9-12H2,(H,20,22)(H,21,23). The van der Waals surface area contributed by atoms with Crippen LogP contribution in [0.3, 0.4) is 0 Å². The summed E-state index contributed by atoms with van der Waals surface area (Å²) in [6, 6.07) is 11.4. The Hall–Kier alpha value is -1.83. The minimum absolute atomic E-state index is 0.0417. The van der Waals surface area contributed by atoms with Crippen LogP contribution in [-0.4, -0.2) is 35.9 Å². The van der Waals surface area contributed by atoms with E-state index in [9.17, 15) is 9.59 Å². The first-order valence-electron chi connectivity index (χ1n) is 8.23. The van der Waals surface area contributed by atoms with Gasteiger partial charge in [0.1, 0.15) is 0 Å². The van der Waals surface area contributed by atoms with E-state index in [-0.39, 0.29) is 17.9 Å². The maximum absolute atomic E-state index is 12.3. The van der Waals surface area contributed by atoms with Gasteiger partial charge in [-0.05, 0) is 23.6 Å². The average molecular weight is 376 g/mol. The Kier molecular flexibility index (Phi) is 6.49. The molecule has 1 aliphatic rings. The van der Waals surface area contributed by atoms with Crippen LogP contribution in [0.5, 0.6) is 0 Å². The Bertz CT molecular complexity index is 713. The van der Waals surface area contributed by atoms with E-state index in [0.29, 0.717) is 24.2 Å². The van der Waals surface area contributed by atoms with Crippen molar-refractivity contribution in [2.75, 3.05) is 28.7 Å². The molecule has 2 amide bonds. The zero-order valence-electron chi connectivity index (χ0n) is 13.8. The number of carbonyl (C=O) groups excluding carboxylic acids is 2. The molecule has 2 heterocycles. The van der Waals surface area contributed by atoms with Gasteiger partial charge in [0.25, 0.3) is 0 Å². The van der Waals surface area contributed by atoms with Gasteiger partial charge in [0.2, 0.25) is 11.8 Å². The second kappa shape index (κ2) is 9.03. The minimum Gasteiger partial charge on any atom is -0.324 e. The van der Waals surface area contributed by atoms with Gasteiger partial charge in [0, 0.05) is 35.4 Å². The lowest BCUT2D eigenvalue weighted by Crippen LogP contribution is -2.39. The molecule has 1 aromatic heterocycles. The summed E-state index contributed by atoms with van der Waals surface area (Å²) in [5, 5.41) is 11.1. The zero-order chi connectivity index (χ0) is 17.5. The van der Waals surface area contributed by atoms with Crippen molar-refractivity contribution in [2.24, 2.45) is 0 Å². The number of carbonyl (C=O) groups is 2. The Labute approximate surface area is 155 Å². The van der Waals surface area contributed by atoms with E-state index < -0.39 is 0 Å². The maximum atomic E-state index is 12.3. The highest BCUT2D eigenvalue weighted by Crippen LogP contribution is 2.22. The molecule has 1 unspecified atom stereocenters. The molecule has 1 saturated heterocycles. The largest absolute Gasteiger partial charge is 0.324 e. The molecule has 132 valence electrons. The molecular formula is C18H21N3O2S2. The third-order valence-electron chi connectivity index (χ3n) is 3.82. The van der Waals surface area contributed by atoms with Crippen LogP contribution in [0.1, 0.15) is 11.3 Å². The summed E-state index contributed by atoms with van der Waals surface area (Å²) in [6.07, 6.45) is 0.771. The van der Waals surface area contributed by atoms with Crippen LogP contribution in [-0.2, 0) is 16.0 Å². The lowest BCUT2D eigenvalue weighted by molar-refractivity contribution is -0.117. The summed E-state index contributed by atoms with van der Waals surface area (Å²) < 4.78 is 0. The molecule has 7 heteroatoms. The number of hydrogen-bond acceptors (Lipinski definition) is 5. The van der Waals surface area contributed by atoms with E-state index in [0.717, 1.165) is 22.9 Å². The fourth-order valence-corrected chi connectivity index (χ4v) is 4.30. The van der Waals surface area contributed by atoms with E-state index in [4.69, 9.17) is 0 Å². The first-order valence-corrected chi connectivity index (χ1v) is 10.3. The Morgan fingerprint density at radius 1 is 1.08 bits per heavy atom. The molecule has 25 heavy (non-hydrogen) atoms. The zero-order valence-corrected chi connectivity index (χ0v) is 15.4. The number of thiophene rings is 1. The normalized spacial score (nSPS) is 17.0. The number of rotatable bonds is 6. The number of para-hydroxylation sites is 2. The van der Waals surface area contributed by atoms with Gasteiger partial charge in [-0.2, -0.15) is 11.8 Å². The maximum Gasteiger partial charge on any atom is 0.229 e. The molecule has 1 aliphatic heterocycles. The number of thioether (sulfide) groups is 1. The van der Waals surface area contributed by atoms with Crippen LogP contribution in [0.25, 0.3) is 0 Å². The molecule has 1 atom stereocenters. The van der Waals surface area contributed by atoms with E-state index in [2.05, 4.69) is 16.0 Å². The molecule has 3 N–H and O–H groups in total. The molecule has 5 nitrogen and oxygen atoms in total. The molecule has 0 bridgehead atoms. The van der Waals surface area contributed by atoms with Gasteiger partial charge in [-0.25, -0.2) is 0 Å². The molecule has 2 aromatic rings. The summed E-state index contributed by atoms with van der Waals surface area (Å²) in [5.41, 5.74) is 1.26. The minimum atomic E-state index is -0.0884. The van der Waals surface area contributed by atoms with Crippen molar-refractivity contribution in [3.8, 4) is 0 Å². The smallest absolute Gasteiger partial charge is 0.229 e. The molecule has 1 fully saturated rings. The van der Waals surface area contributed by atoms with Crippen LogP contribution >= 0.6 is 23.1 Å².